The molecule has 330 valence electrons. The monoisotopic (exact) mass is 897 g/mol. The molecule has 5 aromatic heterocycles. The third kappa shape index (κ3) is 8.40. The quantitative estimate of drug-likeness (QED) is 0.129. The van der Waals surface area contributed by atoms with Crippen molar-refractivity contribution >= 4 is 0 Å². The summed E-state index contributed by atoms with van der Waals surface area (Å²) < 4.78 is 4.18. The van der Waals surface area contributed by atoms with E-state index in [1.165, 1.54) is 11.1 Å². The smallest absolute Gasteiger partial charge is 0.144 e. The zero-order chi connectivity index (χ0) is 46.6. The Labute approximate surface area is 406 Å². The summed E-state index contributed by atoms with van der Waals surface area (Å²) in [5.74, 6) is 1.56. The molecule has 5 heterocycles. The van der Waals surface area contributed by atoms with E-state index in [0.717, 1.165) is 101 Å². The van der Waals surface area contributed by atoms with Gasteiger partial charge in [0.05, 0.1) is 40.9 Å². The zero-order valence-electron chi connectivity index (χ0n) is 38.0. The van der Waals surface area contributed by atoms with Gasteiger partial charge in [0.25, 0.3) is 0 Å². The third-order valence-electron chi connectivity index (χ3n) is 12.7. The van der Waals surface area contributed by atoms with Gasteiger partial charge in [-0.3, -0.25) is 24.1 Å². The lowest BCUT2D eigenvalue weighted by atomic mass is 9.92. The second-order valence-corrected chi connectivity index (χ2v) is 17.1. The van der Waals surface area contributed by atoms with Gasteiger partial charge < -0.3 is 0 Å². The Kier molecular flexibility index (Phi) is 11.1. The van der Waals surface area contributed by atoms with Crippen molar-refractivity contribution in [1.82, 2.24) is 34.1 Å². The van der Waals surface area contributed by atoms with E-state index in [-0.39, 0.29) is 0 Å². The van der Waals surface area contributed by atoms with Crippen molar-refractivity contribution in [2.75, 3.05) is 0 Å². The molecule has 0 aliphatic carbocycles. The summed E-state index contributed by atoms with van der Waals surface area (Å²) in [4.78, 5) is 24.7. The molecular weight excluding hydrogens is 855 g/mol. The molecular formula is C63H43N7. The second-order valence-electron chi connectivity index (χ2n) is 17.1. The molecule has 12 aromatic rings. The Morgan fingerprint density at radius 3 is 1.14 bits per heavy atom. The second kappa shape index (κ2) is 18.6. The lowest BCUT2D eigenvalue weighted by Crippen LogP contribution is -2.00. The number of imidazole rings is 2. The first-order chi connectivity index (χ1) is 34.7. The van der Waals surface area contributed by atoms with Gasteiger partial charge in [0.2, 0.25) is 0 Å². The van der Waals surface area contributed by atoms with Crippen LogP contribution in [0.15, 0.2) is 262 Å². The number of nitrogens with zero attached hydrogens (tertiary/aromatic N) is 7. The molecule has 70 heavy (non-hydrogen) atoms. The van der Waals surface area contributed by atoms with Gasteiger partial charge in [0.15, 0.2) is 0 Å². The van der Waals surface area contributed by atoms with E-state index in [9.17, 15) is 0 Å². The average Bonchev–Trinajstić information content (AvgIpc) is 4.16. The van der Waals surface area contributed by atoms with Crippen LogP contribution in [-0.4, -0.2) is 34.1 Å². The first-order valence-corrected chi connectivity index (χ1v) is 23.3. The summed E-state index contributed by atoms with van der Waals surface area (Å²) >= 11 is 0. The number of hydrogen-bond acceptors (Lipinski definition) is 5. The zero-order valence-corrected chi connectivity index (χ0v) is 38.0. The third-order valence-corrected chi connectivity index (χ3v) is 12.7. The topological polar surface area (TPSA) is 74.3 Å². The van der Waals surface area contributed by atoms with Crippen LogP contribution in [-0.2, 0) is 0 Å². The maximum absolute atomic E-state index is 5.07. The fourth-order valence-electron chi connectivity index (χ4n) is 9.16. The number of aromatic nitrogens is 7. The summed E-state index contributed by atoms with van der Waals surface area (Å²) in [6, 6.07) is 76.0. The Hall–Kier alpha value is -9.59. The van der Waals surface area contributed by atoms with Gasteiger partial charge in [-0.05, 0) is 93.5 Å². The number of pyridine rings is 3. The Morgan fingerprint density at radius 2 is 0.629 bits per heavy atom. The standard InChI is InChI=1S/C63H43N7/c1-4-13-44(14-5-1)45-23-25-46(26-24-45)49-19-12-20-50(37-49)61-30-27-51(41-66-61)57-21-10-11-22-58(57)52-38-53(62-64-33-35-69(62)55-28-31-59(67-42-55)47-15-6-2-7-16-47)40-54(39-52)63-65-34-36-70(63)56-29-32-60(68-43-56)48-17-8-3-9-18-48/h1-43H. The van der Waals surface area contributed by atoms with Gasteiger partial charge >= 0.3 is 0 Å². The Balaban J connectivity index is 0.913. The molecule has 0 saturated heterocycles. The van der Waals surface area contributed by atoms with Gasteiger partial charge in [-0.2, -0.15) is 0 Å². The lowest BCUT2D eigenvalue weighted by Gasteiger charge is -2.16. The van der Waals surface area contributed by atoms with E-state index in [2.05, 4.69) is 185 Å². The molecule has 0 fully saturated rings. The van der Waals surface area contributed by atoms with Crippen LogP contribution >= 0.6 is 0 Å². The maximum Gasteiger partial charge on any atom is 0.144 e. The summed E-state index contributed by atoms with van der Waals surface area (Å²) in [6.45, 7) is 0. The van der Waals surface area contributed by atoms with Crippen molar-refractivity contribution in [3.8, 4) is 112 Å². The predicted molar refractivity (Wildman–Crippen MR) is 283 cm³/mol. The molecule has 0 atom stereocenters. The number of hydrogen-bond donors (Lipinski definition) is 0. The fourth-order valence-corrected chi connectivity index (χ4v) is 9.16. The van der Waals surface area contributed by atoms with Crippen LogP contribution in [0.5, 0.6) is 0 Å². The van der Waals surface area contributed by atoms with Gasteiger partial charge in [-0.15, -0.1) is 0 Å². The molecule has 0 N–H and O–H groups in total. The van der Waals surface area contributed by atoms with Crippen molar-refractivity contribution in [3.63, 3.8) is 0 Å². The van der Waals surface area contributed by atoms with Gasteiger partial charge in [-0.1, -0.05) is 164 Å². The Bertz CT molecular complexity index is 3570. The van der Waals surface area contributed by atoms with E-state index in [0.29, 0.717) is 0 Å². The molecule has 0 radical (unpaired) electrons. The summed E-state index contributed by atoms with van der Waals surface area (Å²) in [7, 11) is 0. The molecule has 0 aliphatic rings. The molecule has 0 bridgehead atoms. The minimum atomic E-state index is 0.780. The van der Waals surface area contributed by atoms with E-state index in [1.807, 2.05) is 85.8 Å². The highest BCUT2D eigenvalue weighted by Gasteiger charge is 2.18. The largest absolute Gasteiger partial charge is 0.298 e. The van der Waals surface area contributed by atoms with Crippen LogP contribution in [0.1, 0.15) is 0 Å². The van der Waals surface area contributed by atoms with Crippen LogP contribution < -0.4 is 0 Å². The van der Waals surface area contributed by atoms with E-state index in [1.54, 1.807) is 0 Å². The van der Waals surface area contributed by atoms with Crippen molar-refractivity contribution in [3.05, 3.63) is 262 Å². The maximum atomic E-state index is 5.07. The van der Waals surface area contributed by atoms with Crippen LogP contribution in [0.2, 0.25) is 0 Å². The van der Waals surface area contributed by atoms with E-state index in [4.69, 9.17) is 24.9 Å². The lowest BCUT2D eigenvalue weighted by molar-refractivity contribution is 1.04. The molecule has 0 unspecified atom stereocenters. The van der Waals surface area contributed by atoms with Gasteiger partial charge in [-0.25, -0.2) is 9.97 Å². The molecule has 0 aliphatic heterocycles. The van der Waals surface area contributed by atoms with Gasteiger partial charge in [0, 0.05) is 64.4 Å². The molecule has 7 aromatic carbocycles. The van der Waals surface area contributed by atoms with Gasteiger partial charge in [0.1, 0.15) is 11.6 Å². The normalized spacial score (nSPS) is 11.1. The van der Waals surface area contributed by atoms with Crippen LogP contribution in [0.4, 0.5) is 0 Å². The molecule has 0 saturated carbocycles. The van der Waals surface area contributed by atoms with Crippen molar-refractivity contribution in [2.45, 2.75) is 0 Å². The van der Waals surface area contributed by atoms with E-state index >= 15 is 0 Å². The van der Waals surface area contributed by atoms with Crippen LogP contribution in [0.3, 0.4) is 0 Å². The van der Waals surface area contributed by atoms with Crippen molar-refractivity contribution < 1.29 is 0 Å². The first-order valence-electron chi connectivity index (χ1n) is 23.3. The average molecular weight is 898 g/mol. The fraction of sp³-hybridized carbons (Fsp3) is 0. The highest BCUT2D eigenvalue weighted by Crippen LogP contribution is 2.39. The van der Waals surface area contributed by atoms with Crippen LogP contribution in [0.25, 0.3) is 112 Å². The van der Waals surface area contributed by atoms with Crippen molar-refractivity contribution in [1.29, 1.82) is 0 Å². The molecule has 0 amide bonds. The molecule has 0 spiro atoms. The summed E-state index contributed by atoms with van der Waals surface area (Å²) in [5.41, 5.74) is 18.4. The SMILES string of the molecule is c1ccc(-c2ccc(-c3cccc(-c4ccc(-c5ccccc5-c5cc(-c6nccn6-c6ccc(-c7ccccc7)nc6)cc(-c6nccn6-c6ccc(-c7ccccc7)nc6)c5)cn4)c3)cc2)cc1. The van der Waals surface area contributed by atoms with Crippen LogP contribution in [0, 0.1) is 0 Å². The molecule has 12 rings (SSSR count). The highest BCUT2D eigenvalue weighted by atomic mass is 15.1. The Morgan fingerprint density at radius 1 is 0.243 bits per heavy atom. The molecule has 7 heteroatoms. The number of benzene rings is 7. The minimum Gasteiger partial charge on any atom is -0.298 e. The number of rotatable bonds is 11. The minimum absolute atomic E-state index is 0.780. The van der Waals surface area contributed by atoms with E-state index < -0.39 is 0 Å². The first kappa shape index (κ1) is 41.8. The molecule has 7 nitrogen and oxygen atoms in total. The summed E-state index contributed by atoms with van der Waals surface area (Å²) in [6.07, 6.45) is 13.4. The van der Waals surface area contributed by atoms with Crippen molar-refractivity contribution in [2.24, 2.45) is 0 Å². The summed E-state index contributed by atoms with van der Waals surface area (Å²) in [5, 5.41) is 0. The highest BCUT2D eigenvalue weighted by molar-refractivity contribution is 5.88. The predicted octanol–water partition coefficient (Wildman–Crippen LogP) is 15.2.